The minimum absolute atomic E-state index is 0.109. The lowest BCUT2D eigenvalue weighted by atomic mass is 10.1. The number of carbonyl (C=O) groups is 1. The lowest BCUT2D eigenvalue weighted by molar-refractivity contribution is -0.118. The van der Waals surface area contributed by atoms with Crippen molar-refractivity contribution in [1.29, 1.82) is 0 Å². The number of thioether (sulfide) groups is 1. The number of fused-ring (bicyclic) bond motifs is 3. The average Bonchev–Trinajstić information content (AvgIpc) is 3.02. The van der Waals surface area contributed by atoms with Crippen LogP contribution in [0.25, 0.3) is 11.3 Å². The minimum atomic E-state index is -0.597. The Bertz CT molecular complexity index is 1000. The van der Waals surface area contributed by atoms with E-state index < -0.39 is 6.23 Å². The van der Waals surface area contributed by atoms with Crippen LogP contribution in [0.15, 0.2) is 41.6 Å². The number of anilines is 1. The molecular formula is C19H18N4O2S2. The zero-order valence-corrected chi connectivity index (χ0v) is 16.8. The molecule has 8 heteroatoms. The van der Waals surface area contributed by atoms with Gasteiger partial charge in [0.2, 0.25) is 23.2 Å². The fourth-order valence-electron chi connectivity index (χ4n) is 3.01. The first kappa shape index (κ1) is 17.9. The highest BCUT2D eigenvalue weighted by Crippen LogP contribution is 2.44. The third-order valence-corrected chi connectivity index (χ3v) is 5.88. The monoisotopic (exact) mass is 398 g/mol. The van der Waals surface area contributed by atoms with E-state index in [2.05, 4.69) is 15.2 Å². The van der Waals surface area contributed by atoms with Crippen molar-refractivity contribution in [3.8, 4) is 17.1 Å². The van der Waals surface area contributed by atoms with Gasteiger partial charge in [-0.15, -0.1) is 21.5 Å². The van der Waals surface area contributed by atoms with E-state index in [0.29, 0.717) is 16.7 Å². The van der Waals surface area contributed by atoms with Crippen molar-refractivity contribution >= 4 is 34.7 Å². The Hall–Kier alpha value is -2.45. The number of amides is 1. The largest absolute Gasteiger partial charge is 0.446 e. The van der Waals surface area contributed by atoms with E-state index in [1.807, 2.05) is 50.2 Å². The predicted octanol–water partition coefficient (Wildman–Crippen LogP) is 4.46. The number of thiophene rings is 1. The van der Waals surface area contributed by atoms with Crippen LogP contribution in [0.2, 0.25) is 0 Å². The van der Waals surface area contributed by atoms with Gasteiger partial charge in [0.1, 0.15) is 0 Å². The van der Waals surface area contributed by atoms with Gasteiger partial charge in [0.05, 0.1) is 10.6 Å². The lowest BCUT2D eigenvalue weighted by Crippen LogP contribution is -2.35. The first-order chi connectivity index (χ1) is 13.1. The molecule has 0 unspecified atom stereocenters. The second-order valence-electron chi connectivity index (χ2n) is 6.01. The SMILES string of the molecule is CCSc1nnc2c(n1)O[C@@H](c1ccc(C)s1)N(C(C)=O)c1ccccc1-2. The molecule has 0 aliphatic carbocycles. The third-order valence-electron chi connectivity index (χ3n) is 4.13. The number of ether oxygens (including phenoxy) is 1. The molecule has 1 aliphatic heterocycles. The smallest absolute Gasteiger partial charge is 0.247 e. The standard InChI is InChI=1S/C19H18N4O2S2/c1-4-26-19-20-17-16(21-22-19)13-7-5-6-8-14(13)23(12(3)24)18(25-17)15-10-9-11(2)27-15/h5-10,18H,4H2,1-3H3/t18-/m0/s1. The van der Waals surface area contributed by atoms with Gasteiger partial charge in [0, 0.05) is 17.4 Å². The van der Waals surface area contributed by atoms with Crippen molar-refractivity contribution in [1.82, 2.24) is 15.2 Å². The van der Waals surface area contributed by atoms with Crippen LogP contribution in [-0.4, -0.2) is 26.8 Å². The number of para-hydroxylation sites is 1. The molecule has 0 spiro atoms. The van der Waals surface area contributed by atoms with E-state index in [0.717, 1.165) is 26.8 Å². The van der Waals surface area contributed by atoms with Crippen LogP contribution < -0.4 is 9.64 Å². The molecule has 0 N–H and O–H groups in total. The molecule has 2 aromatic heterocycles. The molecule has 4 rings (SSSR count). The summed E-state index contributed by atoms with van der Waals surface area (Å²) in [6.07, 6.45) is -0.597. The van der Waals surface area contributed by atoms with Crippen molar-refractivity contribution < 1.29 is 9.53 Å². The molecule has 27 heavy (non-hydrogen) atoms. The molecule has 1 amide bonds. The summed E-state index contributed by atoms with van der Waals surface area (Å²) in [6, 6.07) is 11.6. The maximum absolute atomic E-state index is 12.6. The Morgan fingerprint density at radius 1 is 1.26 bits per heavy atom. The highest BCUT2D eigenvalue weighted by Gasteiger charge is 2.35. The number of benzene rings is 1. The zero-order chi connectivity index (χ0) is 19.0. The summed E-state index contributed by atoms with van der Waals surface area (Å²) in [5.41, 5.74) is 2.08. The van der Waals surface area contributed by atoms with Crippen molar-refractivity contribution in [3.63, 3.8) is 0 Å². The first-order valence-electron chi connectivity index (χ1n) is 8.58. The normalized spacial score (nSPS) is 15.5. The van der Waals surface area contributed by atoms with E-state index in [1.54, 1.807) is 23.2 Å². The zero-order valence-electron chi connectivity index (χ0n) is 15.2. The Kier molecular flexibility index (Phi) is 4.84. The molecule has 0 saturated heterocycles. The van der Waals surface area contributed by atoms with Crippen molar-refractivity contribution in [3.05, 3.63) is 46.2 Å². The van der Waals surface area contributed by atoms with Gasteiger partial charge in [-0.25, -0.2) is 0 Å². The Labute approximate surface area is 165 Å². The number of rotatable bonds is 3. The van der Waals surface area contributed by atoms with E-state index in [4.69, 9.17) is 4.74 Å². The van der Waals surface area contributed by atoms with E-state index in [-0.39, 0.29) is 5.91 Å². The molecule has 1 aliphatic rings. The van der Waals surface area contributed by atoms with Gasteiger partial charge in [-0.2, -0.15) is 4.98 Å². The summed E-state index contributed by atoms with van der Waals surface area (Å²) in [6.45, 7) is 5.61. The Morgan fingerprint density at radius 2 is 2.07 bits per heavy atom. The van der Waals surface area contributed by atoms with Crippen LogP contribution in [0.3, 0.4) is 0 Å². The number of hydrogen-bond donors (Lipinski definition) is 0. The van der Waals surface area contributed by atoms with Crippen molar-refractivity contribution in [2.75, 3.05) is 10.7 Å². The molecule has 3 heterocycles. The highest BCUT2D eigenvalue weighted by atomic mass is 32.2. The van der Waals surface area contributed by atoms with Gasteiger partial charge in [0.25, 0.3) is 0 Å². The summed E-state index contributed by atoms with van der Waals surface area (Å²) >= 11 is 3.10. The Morgan fingerprint density at radius 3 is 2.78 bits per heavy atom. The Balaban J connectivity index is 1.94. The van der Waals surface area contributed by atoms with Gasteiger partial charge in [0.15, 0.2) is 5.69 Å². The van der Waals surface area contributed by atoms with Gasteiger partial charge in [-0.3, -0.25) is 9.69 Å². The summed E-state index contributed by atoms with van der Waals surface area (Å²) < 4.78 is 6.29. The van der Waals surface area contributed by atoms with Crippen LogP contribution >= 0.6 is 23.1 Å². The van der Waals surface area contributed by atoms with Crippen LogP contribution in [0.4, 0.5) is 5.69 Å². The van der Waals surface area contributed by atoms with E-state index in [9.17, 15) is 4.79 Å². The van der Waals surface area contributed by atoms with Gasteiger partial charge in [-0.1, -0.05) is 36.9 Å². The molecule has 0 radical (unpaired) electrons. The topological polar surface area (TPSA) is 68.2 Å². The third kappa shape index (κ3) is 3.30. The number of hydrogen-bond acceptors (Lipinski definition) is 7. The molecule has 0 saturated carbocycles. The molecule has 0 fully saturated rings. The predicted molar refractivity (Wildman–Crippen MR) is 107 cm³/mol. The number of carbonyl (C=O) groups excluding carboxylic acids is 1. The average molecular weight is 399 g/mol. The van der Waals surface area contributed by atoms with Crippen molar-refractivity contribution in [2.45, 2.75) is 32.2 Å². The van der Waals surface area contributed by atoms with Crippen molar-refractivity contribution in [2.24, 2.45) is 0 Å². The summed E-state index contributed by atoms with van der Waals surface area (Å²) in [4.78, 5) is 20.9. The fraction of sp³-hybridized carbons (Fsp3) is 0.263. The molecule has 3 aromatic rings. The molecule has 1 aromatic carbocycles. The second-order valence-corrected chi connectivity index (χ2v) is 8.56. The van der Waals surface area contributed by atoms with Crippen LogP contribution in [0, 0.1) is 6.92 Å². The molecule has 138 valence electrons. The quantitative estimate of drug-likeness (QED) is 0.607. The van der Waals surface area contributed by atoms with E-state index in [1.165, 1.54) is 11.8 Å². The van der Waals surface area contributed by atoms with Crippen LogP contribution in [0.5, 0.6) is 5.88 Å². The van der Waals surface area contributed by atoms with Gasteiger partial charge in [-0.05, 0) is 30.9 Å². The highest BCUT2D eigenvalue weighted by molar-refractivity contribution is 7.99. The number of aromatic nitrogens is 3. The van der Waals surface area contributed by atoms with Crippen LogP contribution in [-0.2, 0) is 4.79 Å². The van der Waals surface area contributed by atoms with Gasteiger partial charge >= 0.3 is 0 Å². The maximum atomic E-state index is 12.6. The summed E-state index contributed by atoms with van der Waals surface area (Å²) in [5.74, 6) is 1.13. The molecular weight excluding hydrogens is 380 g/mol. The lowest BCUT2D eigenvalue weighted by Gasteiger charge is -2.28. The molecule has 0 bridgehead atoms. The minimum Gasteiger partial charge on any atom is -0.446 e. The number of nitrogens with zero attached hydrogens (tertiary/aromatic N) is 4. The molecule has 1 atom stereocenters. The second kappa shape index (κ2) is 7.28. The summed E-state index contributed by atoms with van der Waals surface area (Å²) in [5, 5.41) is 9.15. The van der Waals surface area contributed by atoms with E-state index >= 15 is 0 Å². The fourth-order valence-corrected chi connectivity index (χ4v) is 4.42. The van der Waals surface area contributed by atoms with Gasteiger partial charge < -0.3 is 4.74 Å². The summed E-state index contributed by atoms with van der Waals surface area (Å²) in [7, 11) is 0. The first-order valence-corrected chi connectivity index (χ1v) is 10.4. The van der Waals surface area contributed by atoms with Crippen LogP contribution in [0.1, 0.15) is 29.8 Å². The maximum Gasteiger partial charge on any atom is 0.247 e. The molecule has 6 nitrogen and oxygen atoms in total. The number of aryl methyl sites for hydroxylation is 1.